The molecule has 12 unspecified atom stereocenters. The molecule has 6 fully saturated rings. The monoisotopic (exact) mass is 1050 g/mol. The molecule has 31 heteroatoms. The van der Waals surface area contributed by atoms with Crippen molar-refractivity contribution in [1.82, 2.24) is 0 Å². The van der Waals surface area contributed by atoms with Gasteiger partial charge < -0.3 is 153 Å². The van der Waals surface area contributed by atoms with Gasteiger partial charge in [0.15, 0.2) is 37.7 Å². The molecule has 0 aromatic heterocycles. The summed E-state index contributed by atoms with van der Waals surface area (Å²) in [6.07, 6.45) is -52.2. The van der Waals surface area contributed by atoms with E-state index >= 15 is 0 Å². The van der Waals surface area contributed by atoms with Crippen LogP contribution in [0.2, 0.25) is 0 Å². The fourth-order valence-electron chi connectivity index (χ4n) is 9.17. The average molecular weight is 1050 g/mol. The highest BCUT2D eigenvalue weighted by molar-refractivity contribution is 4.99. The average Bonchev–Trinajstić information content (AvgIpc) is 3.36. The third-order valence-corrected chi connectivity index (χ3v) is 13.2. The molecule has 416 valence electrons. The van der Waals surface area contributed by atoms with E-state index in [4.69, 9.17) is 71.1 Å². The highest BCUT2D eigenvalue weighted by Crippen LogP contribution is 2.36. The molecule has 0 radical (unpaired) electrons. The summed E-state index contributed by atoms with van der Waals surface area (Å²) in [5.74, 6) is 0. The molecule has 0 amide bonds. The molecular formula is C40H70O31. The van der Waals surface area contributed by atoms with E-state index in [1.165, 1.54) is 21.3 Å². The van der Waals surface area contributed by atoms with Gasteiger partial charge >= 0.3 is 0 Å². The van der Waals surface area contributed by atoms with E-state index in [1.807, 2.05) is 0 Å². The first kappa shape index (κ1) is 59.0. The summed E-state index contributed by atoms with van der Waals surface area (Å²) < 4.78 is 84.0. The Balaban J connectivity index is 1.24. The number of ether oxygens (including phenoxy) is 15. The quantitative estimate of drug-likeness (QED) is 0.0538. The highest BCUT2D eigenvalue weighted by Gasteiger charge is 2.56. The Morgan fingerprint density at radius 3 is 1.11 bits per heavy atom. The summed E-state index contributed by atoms with van der Waals surface area (Å²) >= 11 is 0. The van der Waals surface area contributed by atoms with E-state index in [0.717, 1.165) is 7.11 Å². The Morgan fingerprint density at radius 1 is 0.282 bits per heavy atom. The lowest BCUT2D eigenvalue weighted by Crippen LogP contribution is -2.67. The van der Waals surface area contributed by atoms with Gasteiger partial charge in [0.1, 0.15) is 146 Å². The van der Waals surface area contributed by atoms with Crippen molar-refractivity contribution < 1.29 is 153 Å². The van der Waals surface area contributed by atoms with Crippen molar-refractivity contribution >= 4 is 0 Å². The molecule has 6 saturated heterocycles. The van der Waals surface area contributed by atoms with Crippen LogP contribution in [0.5, 0.6) is 0 Å². The number of methoxy groups -OCH3 is 4. The Kier molecular flexibility index (Phi) is 21.8. The molecule has 31 nitrogen and oxygen atoms in total. The van der Waals surface area contributed by atoms with Crippen LogP contribution in [0.4, 0.5) is 0 Å². The van der Waals surface area contributed by atoms with E-state index in [0.29, 0.717) is 0 Å². The van der Waals surface area contributed by atoms with Crippen molar-refractivity contribution in [1.29, 1.82) is 0 Å². The largest absolute Gasteiger partial charge is 0.394 e. The summed E-state index contributed by atoms with van der Waals surface area (Å²) in [4.78, 5) is 0. The highest BCUT2D eigenvalue weighted by atomic mass is 16.8. The van der Waals surface area contributed by atoms with E-state index in [9.17, 15) is 81.7 Å². The summed E-state index contributed by atoms with van der Waals surface area (Å²) in [7, 11) is 4.79. The van der Waals surface area contributed by atoms with Crippen LogP contribution in [-0.4, -0.2) is 334 Å². The minimum atomic E-state index is -2.13. The molecule has 6 rings (SSSR count). The Morgan fingerprint density at radius 2 is 0.606 bits per heavy atom. The van der Waals surface area contributed by atoms with Gasteiger partial charge in [0.25, 0.3) is 0 Å². The fraction of sp³-hybridized carbons (Fsp3) is 1.00. The van der Waals surface area contributed by atoms with Gasteiger partial charge in [-0.15, -0.1) is 0 Å². The maximum absolute atomic E-state index is 11.6. The summed E-state index contributed by atoms with van der Waals surface area (Å²) in [6.45, 7) is -4.26. The van der Waals surface area contributed by atoms with Crippen LogP contribution >= 0.6 is 0 Å². The molecule has 0 saturated carbocycles. The first-order chi connectivity index (χ1) is 33.8. The van der Waals surface area contributed by atoms with Gasteiger partial charge in [0, 0.05) is 28.4 Å². The first-order valence-corrected chi connectivity index (χ1v) is 22.7. The molecule has 71 heavy (non-hydrogen) atoms. The van der Waals surface area contributed by atoms with Crippen LogP contribution in [-0.2, 0) is 71.1 Å². The Bertz CT molecular complexity index is 1570. The number of hydrogen-bond acceptors (Lipinski definition) is 31. The minimum absolute atomic E-state index is 0.320. The fourth-order valence-corrected chi connectivity index (χ4v) is 9.17. The second kappa shape index (κ2) is 26.2. The van der Waals surface area contributed by atoms with Gasteiger partial charge in [0.05, 0.1) is 39.6 Å². The molecule has 0 aliphatic carbocycles. The van der Waals surface area contributed by atoms with E-state index in [2.05, 4.69) is 0 Å². The Labute approximate surface area is 404 Å². The lowest BCUT2D eigenvalue weighted by atomic mass is 9.96. The van der Waals surface area contributed by atoms with Crippen molar-refractivity contribution in [3.8, 4) is 0 Å². The van der Waals surface area contributed by atoms with Crippen molar-refractivity contribution in [2.45, 2.75) is 184 Å². The van der Waals surface area contributed by atoms with Crippen LogP contribution in [0.1, 0.15) is 0 Å². The van der Waals surface area contributed by atoms with Gasteiger partial charge in [0.2, 0.25) is 0 Å². The molecule has 16 N–H and O–H groups in total. The molecule has 30 atom stereocenters. The van der Waals surface area contributed by atoms with Gasteiger partial charge in [-0.25, -0.2) is 0 Å². The van der Waals surface area contributed by atoms with Crippen molar-refractivity contribution in [3.05, 3.63) is 0 Å². The van der Waals surface area contributed by atoms with E-state index in [-0.39, 0.29) is 6.61 Å². The van der Waals surface area contributed by atoms with E-state index in [1.54, 1.807) is 0 Å². The number of rotatable bonds is 20. The van der Waals surface area contributed by atoms with Crippen molar-refractivity contribution in [2.24, 2.45) is 0 Å². The van der Waals surface area contributed by atoms with Crippen molar-refractivity contribution in [3.63, 3.8) is 0 Å². The normalized spacial score (nSPS) is 51.0. The SMILES string of the molecule is COCC1OC(O[C@@H]2C(O[C@@H]3C(CO)OC(OC)[C@@H](O)[C@H]3O)OC(COC3OC(COC4OC(CO)[C@@H](OC)[C@H](O)[C@@H]4O)[C@@H](OC4OC(CO)[C@@H](OC)[C@H](O)[C@@H]4O)[C@H](O)[C@@H]3O)[C@@H](O)[C@@H]2O)[C@@H](O)[C@@H](O)[C@@H]1O. The predicted octanol–water partition coefficient (Wildman–Crippen LogP) is -11.5. The zero-order valence-corrected chi connectivity index (χ0v) is 38.8. The second-order valence-electron chi connectivity index (χ2n) is 17.7. The van der Waals surface area contributed by atoms with Crippen LogP contribution < -0.4 is 0 Å². The van der Waals surface area contributed by atoms with Crippen LogP contribution in [0.25, 0.3) is 0 Å². The lowest BCUT2D eigenvalue weighted by Gasteiger charge is -2.49. The van der Waals surface area contributed by atoms with Crippen LogP contribution in [0.3, 0.4) is 0 Å². The van der Waals surface area contributed by atoms with Crippen molar-refractivity contribution in [2.75, 3.05) is 68.1 Å². The number of hydrogen-bond donors (Lipinski definition) is 16. The maximum atomic E-state index is 11.6. The van der Waals surface area contributed by atoms with Gasteiger partial charge in [-0.3, -0.25) is 0 Å². The topological polar surface area (TPSA) is 462 Å². The standard InChI is InChI=1S/C40H70O31/c1-57-8-14-17(44)19(46)25(52)38(66-14)71-34-20(47)18(45)15(67-40(34)70-32-13(7-43)63-35(60-4)26(53)23(32)50)9-61-37-28(55)24(51)33(69-39-29(56)22(49)31(59-3)12(6-42)65-39)16(68-37)10-62-36-27(54)21(48)30(58-2)11(5-41)64-36/h11-56H,5-10H2,1-4H3/t11?,12?,13?,14?,15?,16?,17-,18-,19+,20+,21-,22-,23-,24-,25+,26+,27+,28+,29+,30-,31-,32-,33-,34+,35?,36?,37?,38?,39?,40?/m1/s1. The molecular weight excluding hydrogens is 976 g/mol. The van der Waals surface area contributed by atoms with Crippen LogP contribution in [0, 0.1) is 0 Å². The van der Waals surface area contributed by atoms with Gasteiger partial charge in [-0.2, -0.15) is 0 Å². The summed E-state index contributed by atoms with van der Waals surface area (Å²) in [5.41, 5.74) is 0. The molecule has 6 aliphatic heterocycles. The van der Waals surface area contributed by atoms with E-state index < -0.39 is 217 Å². The minimum Gasteiger partial charge on any atom is -0.394 e. The molecule has 6 aliphatic rings. The molecule has 0 bridgehead atoms. The van der Waals surface area contributed by atoms with Gasteiger partial charge in [-0.05, 0) is 0 Å². The zero-order valence-electron chi connectivity index (χ0n) is 38.8. The zero-order chi connectivity index (χ0) is 52.2. The van der Waals surface area contributed by atoms with Gasteiger partial charge in [-0.1, -0.05) is 0 Å². The maximum Gasteiger partial charge on any atom is 0.187 e. The lowest BCUT2D eigenvalue weighted by molar-refractivity contribution is -0.393. The predicted molar refractivity (Wildman–Crippen MR) is 218 cm³/mol. The molecule has 0 aromatic carbocycles. The third-order valence-electron chi connectivity index (χ3n) is 13.2. The summed E-state index contributed by atoms with van der Waals surface area (Å²) in [6, 6.07) is 0. The molecule has 0 aromatic rings. The number of aliphatic hydroxyl groups is 16. The summed E-state index contributed by atoms with van der Waals surface area (Å²) in [5, 5.41) is 173. The first-order valence-electron chi connectivity index (χ1n) is 22.7. The molecule has 6 heterocycles. The number of aliphatic hydroxyl groups excluding tert-OH is 16. The van der Waals surface area contributed by atoms with Crippen LogP contribution in [0.15, 0.2) is 0 Å². The smallest absolute Gasteiger partial charge is 0.187 e. The second-order valence-corrected chi connectivity index (χ2v) is 17.7. The molecule has 0 spiro atoms. The Hall–Kier alpha value is -1.24. The third kappa shape index (κ3) is 12.6.